The molecule has 2 N–H and O–H groups in total. The molecule has 1 unspecified atom stereocenters. The van der Waals surface area contributed by atoms with Crippen molar-refractivity contribution in [3.05, 3.63) is 57.8 Å². The monoisotopic (exact) mass is 245 g/mol. The molecule has 0 fully saturated rings. The Hall–Kier alpha value is -1.12. The van der Waals surface area contributed by atoms with Crippen LogP contribution in [-0.2, 0) is 6.42 Å². The highest BCUT2D eigenvalue weighted by Gasteiger charge is 2.09. The van der Waals surface area contributed by atoms with Crippen LogP contribution in [0.1, 0.15) is 29.0 Å². The third kappa shape index (κ3) is 3.42. The van der Waals surface area contributed by atoms with Crippen molar-refractivity contribution < 1.29 is 0 Å². The van der Waals surface area contributed by atoms with E-state index in [0.717, 1.165) is 19.4 Å². The van der Waals surface area contributed by atoms with Gasteiger partial charge in [-0.25, -0.2) is 0 Å². The molecule has 1 heterocycles. The Labute approximate surface area is 107 Å². The maximum Gasteiger partial charge on any atom is -0.000812 e. The minimum atomic E-state index is 0.482. The van der Waals surface area contributed by atoms with Gasteiger partial charge in [-0.1, -0.05) is 29.8 Å². The molecule has 1 nitrogen and oxygen atoms in total. The SMILES string of the molecule is Cc1ccc(C(CN)CCc2ccsc2)cc1. The summed E-state index contributed by atoms with van der Waals surface area (Å²) in [6, 6.07) is 11.0. The minimum Gasteiger partial charge on any atom is -0.330 e. The van der Waals surface area contributed by atoms with Gasteiger partial charge in [0, 0.05) is 0 Å². The minimum absolute atomic E-state index is 0.482. The van der Waals surface area contributed by atoms with Gasteiger partial charge in [-0.05, 0) is 60.2 Å². The molecule has 0 aliphatic rings. The summed E-state index contributed by atoms with van der Waals surface area (Å²) >= 11 is 1.77. The van der Waals surface area contributed by atoms with Crippen LogP contribution < -0.4 is 5.73 Å². The van der Waals surface area contributed by atoms with Gasteiger partial charge in [0.15, 0.2) is 0 Å². The summed E-state index contributed by atoms with van der Waals surface area (Å²) in [5.74, 6) is 0.482. The lowest BCUT2D eigenvalue weighted by atomic mass is 9.92. The normalized spacial score (nSPS) is 12.6. The van der Waals surface area contributed by atoms with Gasteiger partial charge in [-0.15, -0.1) is 0 Å². The molecule has 1 atom stereocenters. The van der Waals surface area contributed by atoms with Gasteiger partial charge in [0.05, 0.1) is 0 Å². The van der Waals surface area contributed by atoms with Crippen molar-refractivity contribution in [2.45, 2.75) is 25.7 Å². The number of benzene rings is 1. The molecule has 0 bridgehead atoms. The standard InChI is InChI=1S/C15H19NS/c1-12-2-5-14(6-3-12)15(10-16)7-4-13-8-9-17-11-13/h2-3,5-6,8-9,11,15H,4,7,10,16H2,1H3. The maximum atomic E-state index is 5.88. The van der Waals surface area contributed by atoms with Crippen LogP contribution in [0.25, 0.3) is 0 Å². The fraction of sp³-hybridized carbons (Fsp3) is 0.333. The second-order valence-corrected chi connectivity index (χ2v) is 5.29. The first-order chi connectivity index (χ1) is 8.29. The van der Waals surface area contributed by atoms with Crippen LogP contribution in [0, 0.1) is 6.92 Å². The second kappa shape index (κ2) is 5.99. The van der Waals surface area contributed by atoms with E-state index >= 15 is 0 Å². The quantitative estimate of drug-likeness (QED) is 0.853. The Balaban J connectivity index is 1.99. The molecule has 0 spiro atoms. The Kier molecular flexibility index (Phi) is 4.35. The topological polar surface area (TPSA) is 26.0 Å². The van der Waals surface area contributed by atoms with Gasteiger partial charge in [0.2, 0.25) is 0 Å². The summed E-state index contributed by atoms with van der Waals surface area (Å²) < 4.78 is 0. The smallest absolute Gasteiger partial charge is 0.000812 e. The Morgan fingerprint density at radius 2 is 1.94 bits per heavy atom. The van der Waals surface area contributed by atoms with E-state index in [9.17, 15) is 0 Å². The summed E-state index contributed by atoms with van der Waals surface area (Å²) in [6.45, 7) is 2.85. The van der Waals surface area contributed by atoms with Crippen LogP contribution in [-0.4, -0.2) is 6.54 Å². The molecule has 1 aromatic heterocycles. The van der Waals surface area contributed by atoms with E-state index in [1.165, 1.54) is 16.7 Å². The number of hydrogen-bond acceptors (Lipinski definition) is 2. The van der Waals surface area contributed by atoms with Crippen LogP contribution >= 0.6 is 11.3 Å². The van der Waals surface area contributed by atoms with Crippen molar-refractivity contribution in [2.24, 2.45) is 5.73 Å². The van der Waals surface area contributed by atoms with Crippen molar-refractivity contribution in [3.8, 4) is 0 Å². The number of aryl methyl sites for hydroxylation is 2. The van der Waals surface area contributed by atoms with Crippen molar-refractivity contribution in [1.29, 1.82) is 0 Å². The fourth-order valence-corrected chi connectivity index (χ4v) is 2.74. The zero-order valence-corrected chi connectivity index (χ0v) is 11.0. The Bertz CT molecular complexity index is 430. The predicted octanol–water partition coefficient (Wildman–Crippen LogP) is 3.73. The van der Waals surface area contributed by atoms with E-state index in [4.69, 9.17) is 5.73 Å². The number of rotatable bonds is 5. The largest absolute Gasteiger partial charge is 0.330 e. The first-order valence-electron chi connectivity index (χ1n) is 6.07. The molecule has 1 aromatic carbocycles. The van der Waals surface area contributed by atoms with Crippen LogP contribution in [0.5, 0.6) is 0 Å². The van der Waals surface area contributed by atoms with Gasteiger partial charge in [-0.2, -0.15) is 11.3 Å². The molecule has 0 aliphatic heterocycles. The highest BCUT2D eigenvalue weighted by atomic mass is 32.1. The molecule has 2 aromatic rings. The summed E-state index contributed by atoms with van der Waals surface area (Å²) in [5.41, 5.74) is 9.99. The van der Waals surface area contributed by atoms with Crippen molar-refractivity contribution in [3.63, 3.8) is 0 Å². The zero-order chi connectivity index (χ0) is 12.1. The summed E-state index contributed by atoms with van der Waals surface area (Å²) in [6.07, 6.45) is 2.26. The Morgan fingerprint density at radius 3 is 2.53 bits per heavy atom. The molecular weight excluding hydrogens is 226 g/mol. The first kappa shape index (κ1) is 12.3. The van der Waals surface area contributed by atoms with Crippen LogP contribution in [0.4, 0.5) is 0 Å². The van der Waals surface area contributed by atoms with E-state index < -0.39 is 0 Å². The number of nitrogens with two attached hydrogens (primary N) is 1. The lowest BCUT2D eigenvalue weighted by Crippen LogP contribution is -2.13. The van der Waals surface area contributed by atoms with E-state index in [2.05, 4.69) is 48.0 Å². The first-order valence-corrected chi connectivity index (χ1v) is 7.01. The maximum absolute atomic E-state index is 5.88. The van der Waals surface area contributed by atoms with Gasteiger partial charge >= 0.3 is 0 Å². The average molecular weight is 245 g/mol. The third-order valence-electron chi connectivity index (χ3n) is 3.19. The molecule has 2 heteroatoms. The highest BCUT2D eigenvalue weighted by Crippen LogP contribution is 2.22. The molecular formula is C15H19NS. The molecule has 2 rings (SSSR count). The van der Waals surface area contributed by atoms with Crippen LogP contribution in [0.2, 0.25) is 0 Å². The zero-order valence-electron chi connectivity index (χ0n) is 10.2. The number of hydrogen-bond donors (Lipinski definition) is 1. The summed E-state index contributed by atoms with van der Waals surface area (Å²) in [4.78, 5) is 0. The lowest BCUT2D eigenvalue weighted by molar-refractivity contribution is 0.634. The molecule has 0 amide bonds. The van der Waals surface area contributed by atoms with Crippen LogP contribution in [0.3, 0.4) is 0 Å². The third-order valence-corrected chi connectivity index (χ3v) is 3.93. The van der Waals surface area contributed by atoms with Gasteiger partial charge in [0.1, 0.15) is 0 Å². The summed E-state index contributed by atoms with van der Waals surface area (Å²) in [5, 5.41) is 4.36. The molecule has 0 aliphatic carbocycles. The second-order valence-electron chi connectivity index (χ2n) is 4.51. The number of thiophene rings is 1. The predicted molar refractivity (Wildman–Crippen MR) is 75.6 cm³/mol. The Morgan fingerprint density at radius 1 is 1.18 bits per heavy atom. The lowest BCUT2D eigenvalue weighted by Gasteiger charge is -2.15. The van der Waals surface area contributed by atoms with Crippen molar-refractivity contribution in [2.75, 3.05) is 6.54 Å². The van der Waals surface area contributed by atoms with Gasteiger partial charge in [-0.3, -0.25) is 0 Å². The molecule has 90 valence electrons. The van der Waals surface area contributed by atoms with Gasteiger partial charge < -0.3 is 5.73 Å². The average Bonchev–Trinajstić information content (AvgIpc) is 2.85. The van der Waals surface area contributed by atoms with Crippen molar-refractivity contribution >= 4 is 11.3 Å². The van der Waals surface area contributed by atoms with Crippen molar-refractivity contribution in [1.82, 2.24) is 0 Å². The van der Waals surface area contributed by atoms with E-state index in [1.807, 2.05) is 0 Å². The van der Waals surface area contributed by atoms with Gasteiger partial charge in [0.25, 0.3) is 0 Å². The fourth-order valence-electron chi connectivity index (χ4n) is 2.04. The van der Waals surface area contributed by atoms with E-state index in [-0.39, 0.29) is 0 Å². The van der Waals surface area contributed by atoms with Crippen LogP contribution in [0.15, 0.2) is 41.1 Å². The molecule has 17 heavy (non-hydrogen) atoms. The van der Waals surface area contributed by atoms with E-state index in [0.29, 0.717) is 5.92 Å². The van der Waals surface area contributed by atoms with E-state index in [1.54, 1.807) is 11.3 Å². The molecule has 0 radical (unpaired) electrons. The molecule has 0 saturated carbocycles. The molecule has 0 saturated heterocycles. The summed E-state index contributed by atoms with van der Waals surface area (Å²) in [7, 11) is 0. The highest BCUT2D eigenvalue weighted by molar-refractivity contribution is 7.07.